The Kier molecular flexibility index (Phi) is 6.22. The molecule has 1 aromatic heterocycles. The van der Waals surface area contributed by atoms with E-state index in [-0.39, 0.29) is 6.54 Å². The van der Waals surface area contributed by atoms with Crippen LogP contribution >= 0.6 is 0 Å². The SMILES string of the molecule is CCNC(=NCc1ccccc1-n1cccn1)NCCC(F)(F)F. The van der Waals surface area contributed by atoms with Gasteiger partial charge in [0.25, 0.3) is 0 Å². The van der Waals surface area contributed by atoms with Crippen LogP contribution in [0.15, 0.2) is 47.7 Å². The van der Waals surface area contributed by atoms with Crippen molar-refractivity contribution in [2.75, 3.05) is 13.1 Å². The largest absolute Gasteiger partial charge is 0.390 e. The normalized spacial score (nSPS) is 12.2. The second kappa shape index (κ2) is 8.37. The highest BCUT2D eigenvalue weighted by molar-refractivity contribution is 5.79. The van der Waals surface area contributed by atoms with E-state index < -0.39 is 12.6 Å². The lowest BCUT2D eigenvalue weighted by Gasteiger charge is -2.13. The van der Waals surface area contributed by atoms with Gasteiger partial charge in [-0.3, -0.25) is 0 Å². The summed E-state index contributed by atoms with van der Waals surface area (Å²) in [6.45, 7) is 2.55. The van der Waals surface area contributed by atoms with Gasteiger partial charge in [-0.15, -0.1) is 0 Å². The lowest BCUT2D eigenvalue weighted by atomic mass is 10.2. The molecule has 24 heavy (non-hydrogen) atoms. The third kappa shape index (κ3) is 5.60. The van der Waals surface area contributed by atoms with Crippen molar-refractivity contribution in [3.8, 4) is 5.69 Å². The summed E-state index contributed by atoms with van der Waals surface area (Å²) >= 11 is 0. The van der Waals surface area contributed by atoms with E-state index in [1.165, 1.54) is 0 Å². The maximum atomic E-state index is 12.2. The zero-order valence-electron chi connectivity index (χ0n) is 13.3. The average molecular weight is 339 g/mol. The Morgan fingerprint density at radius 1 is 1.21 bits per heavy atom. The first-order chi connectivity index (χ1) is 11.5. The van der Waals surface area contributed by atoms with Crippen LogP contribution in [0.4, 0.5) is 13.2 Å². The quantitative estimate of drug-likeness (QED) is 0.628. The molecule has 0 fully saturated rings. The molecular formula is C16H20F3N5. The Morgan fingerprint density at radius 2 is 2.00 bits per heavy atom. The van der Waals surface area contributed by atoms with Crippen molar-refractivity contribution in [1.82, 2.24) is 20.4 Å². The highest BCUT2D eigenvalue weighted by atomic mass is 19.4. The Hall–Kier alpha value is -2.51. The number of aliphatic imine (C=N–C) groups is 1. The first-order valence-corrected chi connectivity index (χ1v) is 7.66. The molecule has 0 unspecified atom stereocenters. The molecule has 8 heteroatoms. The zero-order valence-corrected chi connectivity index (χ0v) is 13.3. The smallest absolute Gasteiger partial charge is 0.357 e. The maximum absolute atomic E-state index is 12.2. The molecule has 1 heterocycles. The van der Waals surface area contributed by atoms with Crippen LogP contribution in [0.5, 0.6) is 0 Å². The van der Waals surface area contributed by atoms with Gasteiger partial charge in [0, 0.05) is 25.5 Å². The molecule has 5 nitrogen and oxygen atoms in total. The van der Waals surface area contributed by atoms with Gasteiger partial charge in [-0.2, -0.15) is 18.3 Å². The van der Waals surface area contributed by atoms with Gasteiger partial charge in [-0.25, -0.2) is 9.67 Å². The van der Waals surface area contributed by atoms with Crippen LogP contribution < -0.4 is 10.6 Å². The van der Waals surface area contributed by atoms with Gasteiger partial charge in [0.1, 0.15) is 0 Å². The van der Waals surface area contributed by atoms with Crippen LogP contribution in [-0.4, -0.2) is 35.0 Å². The van der Waals surface area contributed by atoms with Crippen molar-refractivity contribution in [2.45, 2.75) is 26.1 Å². The van der Waals surface area contributed by atoms with E-state index in [2.05, 4.69) is 20.7 Å². The van der Waals surface area contributed by atoms with Gasteiger partial charge < -0.3 is 10.6 Å². The topological polar surface area (TPSA) is 54.2 Å². The number of halogens is 3. The number of nitrogens with zero attached hydrogens (tertiary/aromatic N) is 3. The monoisotopic (exact) mass is 339 g/mol. The molecule has 130 valence electrons. The minimum absolute atomic E-state index is 0.212. The van der Waals surface area contributed by atoms with Gasteiger partial charge >= 0.3 is 6.18 Å². The Labute approximate surface area is 138 Å². The molecule has 0 saturated heterocycles. The molecule has 2 rings (SSSR count). The number of alkyl halides is 3. The van der Waals surface area contributed by atoms with Crippen molar-refractivity contribution < 1.29 is 13.2 Å². The second-order valence-corrected chi connectivity index (χ2v) is 5.07. The standard InChI is InChI=1S/C16H20F3N5/c1-2-20-15(21-10-8-16(17,18)19)22-12-13-6-3-4-7-14(13)24-11-5-9-23-24/h3-7,9,11H,2,8,10,12H2,1H3,(H2,20,21,22). The molecule has 0 aliphatic heterocycles. The Balaban J connectivity index is 2.06. The first-order valence-electron chi connectivity index (χ1n) is 7.66. The van der Waals surface area contributed by atoms with E-state index in [1.807, 2.05) is 43.5 Å². The molecule has 0 atom stereocenters. The number of hydrogen-bond acceptors (Lipinski definition) is 2. The van der Waals surface area contributed by atoms with E-state index in [4.69, 9.17) is 0 Å². The van der Waals surface area contributed by atoms with E-state index in [9.17, 15) is 13.2 Å². The fraction of sp³-hybridized carbons (Fsp3) is 0.375. The number of para-hydroxylation sites is 1. The molecule has 0 radical (unpaired) electrons. The molecule has 0 aliphatic carbocycles. The van der Waals surface area contributed by atoms with Crippen molar-refractivity contribution >= 4 is 5.96 Å². The van der Waals surface area contributed by atoms with E-state index in [1.54, 1.807) is 10.9 Å². The Morgan fingerprint density at radius 3 is 2.67 bits per heavy atom. The van der Waals surface area contributed by atoms with Crippen molar-refractivity contribution in [2.24, 2.45) is 4.99 Å². The average Bonchev–Trinajstić information content (AvgIpc) is 3.06. The van der Waals surface area contributed by atoms with Gasteiger partial charge in [0.2, 0.25) is 0 Å². The van der Waals surface area contributed by atoms with Crippen LogP contribution in [0.3, 0.4) is 0 Å². The summed E-state index contributed by atoms with van der Waals surface area (Å²) in [4.78, 5) is 4.36. The highest BCUT2D eigenvalue weighted by Gasteiger charge is 2.26. The number of guanidine groups is 1. The summed E-state index contributed by atoms with van der Waals surface area (Å²) in [6, 6.07) is 9.45. The van der Waals surface area contributed by atoms with Crippen LogP contribution in [0.1, 0.15) is 18.9 Å². The molecule has 0 amide bonds. The first kappa shape index (κ1) is 17.8. The Bertz CT molecular complexity index is 650. The summed E-state index contributed by atoms with van der Waals surface area (Å²) in [5.74, 6) is 0.358. The number of aromatic nitrogens is 2. The zero-order chi connectivity index (χ0) is 17.4. The van der Waals surface area contributed by atoms with Gasteiger partial charge in [-0.1, -0.05) is 18.2 Å². The van der Waals surface area contributed by atoms with Gasteiger partial charge in [0.15, 0.2) is 5.96 Å². The summed E-state index contributed by atoms with van der Waals surface area (Å²) in [5.41, 5.74) is 1.81. The molecule has 2 N–H and O–H groups in total. The van der Waals surface area contributed by atoms with Gasteiger partial charge in [-0.05, 0) is 24.6 Å². The summed E-state index contributed by atoms with van der Waals surface area (Å²) in [7, 11) is 0. The summed E-state index contributed by atoms with van der Waals surface area (Å²) in [6.07, 6.45) is -1.57. The molecule has 0 saturated carbocycles. The number of benzene rings is 1. The predicted octanol–water partition coefficient (Wildman–Crippen LogP) is 2.88. The van der Waals surface area contributed by atoms with E-state index in [0.29, 0.717) is 19.0 Å². The summed E-state index contributed by atoms with van der Waals surface area (Å²) < 4.78 is 38.5. The van der Waals surface area contributed by atoms with E-state index in [0.717, 1.165) is 11.3 Å². The fourth-order valence-electron chi connectivity index (χ4n) is 2.11. The fourth-order valence-corrected chi connectivity index (χ4v) is 2.11. The van der Waals surface area contributed by atoms with Crippen molar-refractivity contribution in [3.05, 3.63) is 48.3 Å². The number of rotatable bonds is 6. The highest BCUT2D eigenvalue weighted by Crippen LogP contribution is 2.18. The molecule has 2 aromatic rings. The second-order valence-electron chi connectivity index (χ2n) is 5.07. The lowest BCUT2D eigenvalue weighted by molar-refractivity contribution is -0.132. The molecule has 0 aliphatic rings. The van der Waals surface area contributed by atoms with Gasteiger partial charge in [0.05, 0.1) is 18.7 Å². The maximum Gasteiger partial charge on any atom is 0.390 e. The number of nitrogens with one attached hydrogen (secondary N) is 2. The van der Waals surface area contributed by atoms with Crippen LogP contribution in [-0.2, 0) is 6.54 Å². The minimum Gasteiger partial charge on any atom is -0.357 e. The van der Waals surface area contributed by atoms with Crippen molar-refractivity contribution in [3.63, 3.8) is 0 Å². The third-order valence-electron chi connectivity index (χ3n) is 3.20. The summed E-state index contributed by atoms with van der Waals surface area (Å²) in [5, 5.41) is 9.84. The minimum atomic E-state index is -4.18. The molecule has 0 spiro atoms. The lowest BCUT2D eigenvalue weighted by Crippen LogP contribution is -2.38. The number of hydrogen-bond donors (Lipinski definition) is 2. The predicted molar refractivity (Wildman–Crippen MR) is 87.1 cm³/mol. The molecular weight excluding hydrogens is 319 g/mol. The molecule has 1 aromatic carbocycles. The van der Waals surface area contributed by atoms with E-state index >= 15 is 0 Å². The van der Waals surface area contributed by atoms with Crippen LogP contribution in [0.2, 0.25) is 0 Å². The van der Waals surface area contributed by atoms with Crippen LogP contribution in [0.25, 0.3) is 5.69 Å². The van der Waals surface area contributed by atoms with Crippen LogP contribution in [0, 0.1) is 0 Å². The molecule has 0 bridgehead atoms. The van der Waals surface area contributed by atoms with Crippen molar-refractivity contribution in [1.29, 1.82) is 0 Å². The third-order valence-corrected chi connectivity index (χ3v) is 3.20.